The van der Waals surface area contributed by atoms with E-state index in [-0.39, 0.29) is 29.1 Å². The van der Waals surface area contributed by atoms with Gasteiger partial charge in [0.1, 0.15) is 5.78 Å². The van der Waals surface area contributed by atoms with Crippen molar-refractivity contribution >= 4 is 35.3 Å². The molecule has 0 aliphatic heterocycles. The number of carboxylic acids is 1. The molecular weight excluding hydrogens is 424 g/mol. The minimum atomic E-state index is -0.823. The highest BCUT2D eigenvalue weighted by Gasteiger charge is 2.40. The van der Waals surface area contributed by atoms with Gasteiger partial charge < -0.3 is 20.1 Å². The van der Waals surface area contributed by atoms with Gasteiger partial charge in [0.05, 0.1) is 29.8 Å². The average Bonchev–Trinajstić information content (AvgIpc) is 2.95. The summed E-state index contributed by atoms with van der Waals surface area (Å²) in [5, 5.41) is 29.0. The summed E-state index contributed by atoms with van der Waals surface area (Å²) < 4.78 is 5.13. The molecule has 0 bridgehead atoms. The standard InChI is InChI=1S/C22H30O6S2/c1-28-13-16-5-2-4-15(10-16)11-17(23)6-7-18-19(24)12-20(25)22(18)30-9-3-8-29-14-21(26)27/h2,4-7,10,17-19,22-24H,3,8-9,11-14H2,1H3,(H,26,27). The number of carbonyl (C=O) groups is 2. The van der Waals surface area contributed by atoms with Gasteiger partial charge in [-0.15, -0.1) is 11.8 Å². The first-order valence-corrected chi connectivity index (χ1v) is 12.2. The Bertz CT molecular complexity index is 723. The van der Waals surface area contributed by atoms with E-state index < -0.39 is 18.2 Å². The predicted molar refractivity (Wildman–Crippen MR) is 121 cm³/mol. The summed E-state index contributed by atoms with van der Waals surface area (Å²) in [4.78, 5) is 22.8. The smallest absolute Gasteiger partial charge is 0.313 e. The second-order valence-corrected chi connectivity index (χ2v) is 9.67. The molecule has 3 N–H and O–H groups in total. The molecule has 1 fully saturated rings. The highest BCUT2D eigenvalue weighted by molar-refractivity contribution is 8.01. The van der Waals surface area contributed by atoms with E-state index in [4.69, 9.17) is 9.84 Å². The molecule has 0 spiro atoms. The molecule has 4 atom stereocenters. The van der Waals surface area contributed by atoms with Crippen molar-refractivity contribution in [3.05, 3.63) is 47.5 Å². The molecule has 1 aliphatic rings. The molecule has 0 aromatic heterocycles. The van der Waals surface area contributed by atoms with Crippen molar-refractivity contribution in [3.63, 3.8) is 0 Å². The van der Waals surface area contributed by atoms with Crippen LogP contribution < -0.4 is 0 Å². The second kappa shape index (κ2) is 13.2. The third kappa shape index (κ3) is 8.43. The van der Waals surface area contributed by atoms with Gasteiger partial charge in [0.15, 0.2) is 0 Å². The number of carboxylic acid groups (broad SMARTS) is 1. The van der Waals surface area contributed by atoms with Gasteiger partial charge in [-0.05, 0) is 29.1 Å². The third-order valence-electron chi connectivity index (χ3n) is 4.78. The fraction of sp³-hybridized carbons (Fsp3) is 0.545. The second-order valence-electron chi connectivity index (χ2n) is 7.32. The van der Waals surface area contributed by atoms with Crippen molar-refractivity contribution in [2.45, 2.75) is 43.3 Å². The number of hydrogen-bond acceptors (Lipinski definition) is 7. The van der Waals surface area contributed by atoms with Gasteiger partial charge in [-0.2, -0.15) is 11.8 Å². The molecule has 1 saturated carbocycles. The highest BCUT2D eigenvalue weighted by Crippen LogP contribution is 2.34. The number of Topliss-reactive ketones (excluding diaryl/α,β-unsaturated/α-hetero) is 1. The normalized spacial score (nSPS) is 22.6. The first-order valence-electron chi connectivity index (χ1n) is 9.95. The molecule has 6 nitrogen and oxygen atoms in total. The molecule has 1 aromatic carbocycles. The first-order chi connectivity index (χ1) is 14.4. The molecule has 4 unspecified atom stereocenters. The number of methoxy groups -OCH3 is 1. The van der Waals surface area contributed by atoms with Crippen molar-refractivity contribution in [3.8, 4) is 0 Å². The summed E-state index contributed by atoms with van der Waals surface area (Å²) in [5.41, 5.74) is 2.04. The monoisotopic (exact) mass is 454 g/mol. The van der Waals surface area contributed by atoms with Crippen LogP contribution in [0.4, 0.5) is 0 Å². The Kier molecular flexibility index (Phi) is 11.0. The SMILES string of the molecule is COCc1cccc(CC(O)C=CC2C(O)CC(=O)C2SCCCSCC(=O)O)c1. The number of aliphatic carboxylic acids is 1. The van der Waals surface area contributed by atoms with E-state index in [1.54, 1.807) is 19.3 Å². The largest absolute Gasteiger partial charge is 0.481 e. The van der Waals surface area contributed by atoms with Crippen molar-refractivity contribution in [1.82, 2.24) is 0 Å². The topological polar surface area (TPSA) is 104 Å². The zero-order chi connectivity index (χ0) is 21.9. The summed E-state index contributed by atoms with van der Waals surface area (Å²) in [7, 11) is 1.64. The Morgan fingerprint density at radius 1 is 1.33 bits per heavy atom. The molecule has 1 aliphatic carbocycles. The Morgan fingerprint density at radius 3 is 2.83 bits per heavy atom. The van der Waals surface area contributed by atoms with Crippen molar-refractivity contribution in [2.24, 2.45) is 5.92 Å². The Labute approximate surface area is 186 Å². The number of ether oxygens (including phenoxy) is 1. The van der Waals surface area contributed by atoms with Gasteiger partial charge in [-0.25, -0.2) is 0 Å². The van der Waals surface area contributed by atoms with Crippen LogP contribution in [-0.2, 0) is 27.4 Å². The fourth-order valence-electron chi connectivity index (χ4n) is 3.42. The number of aliphatic hydroxyl groups excluding tert-OH is 2. The van der Waals surface area contributed by atoms with Gasteiger partial charge in [-0.3, -0.25) is 9.59 Å². The third-order valence-corrected chi connectivity index (χ3v) is 7.27. The molecule has 1 aromatic rings. The lowest BCUT2D eigenvalue weighted by Gasteiger charge is -2.17. The number of thioether (sulfide) groups is 2. The molecule has 2 rings (SSSR count). The Balaban J connectivity index is 1.85. The van der Waals surface area contributed by atoms with Gasteiger partial charge >= 0.3 is 5.97 Å². The quantitative estimate of drug-likeness (QED) is 0.309. The van der Waals surface area contributed by atoms with Crippen molar-refractivity contribution in [1.29, 1.82) is 0 Å². The number of rotatable bonds is 13. The fourth-order valence-corrected chi connectivity index (χ4v) is 5.61. The molecule has 0 amide bonds. The van der Waals surface area contributed by atoms with Crippen LogP contribution in [0, 0.1) is 5.92 Å². The number of aliphatic hydroxyl groups is 2. The van der Waals surface area contributed by atoms with Crippen LogP contribution >= 0.6 is 23.5 Å². The van der Waals surface area contributed by atoms with E-state index in [0.717, 1.165) is 29.1 Å². The van der Waals surface area contributed by atoms with Crippen LogP contribution in [0.3, 0.4) is 0 Å². The highest BCUT2D eigenvalue weighted by atomic mass is 32.2. The van der Waals surface area contributed by atoms with Crippen LogP contribution in [-0.4, -0.2) is 68.9 Å². The number of hydrogen-bond donors (Lipinski definition) is 3. The predicted octanol–water partition coefficient (Wildman–Crippen LogP) is 2.55. The van der Waals surface area contributed by atoms with E-state index in [1.165, 1.54) is 23.5 Å². The van der Waals surface area contributed by atoms with E-state index >= 15 is 0 Å². The average molecular weight is 455 g/mol. The summed E-state index contributed by atoms with van der Waals surface area (Å²) in [5.74, 6) is 0.435. The van der Waals surface area contributed by atoms with Gasteiger partial charge in [0, 0.05) is 25.9 Å². The zero-order valence-electron chi connectivity index (χ0n) is 17.1. The maximum Gasteiger partial charge on any atom is 0.313 e. The minimum Gasteiger partial charge on any atom is -0.481 e. The molecule has 0 saturated heterocycles. The van der Waals surface area contributed by atoms with Crippen LogP contribution in [0.25, 0.3) is 0 Å². The molecule has 30 heavy (non-hydrogen) atoms. The Morgan fingerprint density at radius 2 is 2.10 bits per heavy atom. The number of ketones is 1. The molecular formula is C22H30O6S2. The molecule has 166 valence electrons. The summed E-state index contributed by atoms with van der Waals surface area (Å²) in [6.07, 6.45) is 3.40. The minimum absolute atomic E-state index is 0.0297. The summed E-state index contributed by atoms with van der Waals surface area (Å²) in [6, 6.07) is 7.85. The van der Waals surface area contributed by atoms with E-state index in [1.807, 2.05) is 24.3 Å². The van der Waals surface area contributed by atoms with Crippen LogP contribution in [0.5, 0.6) is 0 Å². The molecule has 0 radical (unpaired) electrons. The number of benzene rings is 1. The molecule has 8 heteroatoms. The number of carbonyl (C=O) groups excluding carboxylic acids is 1. The van der Waals surface area contributed by atoms with Crippen molar-refractivity contribution in [2.75, 3.05) is 24.4 Å². The lowest BCUT2D eigenvalue weighted by atomic mass is 10.0. The maximum atomic E-state index is 12.3. The lowest BCUT2D eigenvalue weighted by Crippen LogP contribution is -2.22. The van der Waals surface area contributed by atoms with Gasteiger partial charge in [0.2, 0.25) is 0 Å². The first kappa shape index (κ1) is 24.9. The maximum absolute atomic E-state index is 12.3. The van der Waals surface area contributed by atoms with E-state index in [9.17, 15) is 19.8 Å². The van der Waals surface area contributed by atoms with Crippen LogP contribution in [0.2, 0.25) is 0 Å². The van der Waals surface area contributed by atoms with Crippen LogP contribution in [0.1, 0.15) is 24.0 Å². The van der Waals surface area contributed by atoms with Gasteiger partial charge in [-0.1, -0.05) is 36.4 Å². The molecule has 0 heterocycles. The zero-order valence-corrected chi connectivity index (χ0v) is 18.7. The summed E-state index contributed by atoms with van der Waals surface area (Å²) >= 11 is 2.87. The van der Waals surface area contributed by atoms with Crippen molar-refractivity contribution < 1.29 is 29.6 Å². The summed E-state index contributed by atoms with van der Waals surface area (Å²) in [6.45, 7) is 0.518. The van der Waals surface area contributed by atoms with E-state index in [0.29, 0.717) is 13.0 Å². The Hall–Kier alpha value is -1.32. The lowest BCUT2D eigenvalue weighted by molar-refractivity contribution is -0.133. The van der Waals surface area contributed by atoms with Crippen LogP contribution in [0.15, 0.2) is 36.4 Å². The van der Waals surface area contributed by atoms with E-state index in [2.05, 4.69) is 0 Å². The van der Waals surface area contributed by atoms with Gasteiger partial charge in [0.25, 0.3) is 0 Å².